The lowest BCUT2D eigenvalue weighted by Crippen LogP contribution is -2.39. The van der Waals surface area contributed by atoms with Crippen LogP contribution in [0.1, 0.15) is 29.5 Å². The van der Waals surface area contributed by atoms with Crippen molar-refractivity contribution < 1.29 is 13.6 Å². The molecule has 0 spiro atoms. The third-order valence-electron chi connectivity index (χ3n) is 6.06. The van der Waals surface area contributed by atoms with Gasteiger partial charge in [-0.25, -0.2) is 4.79 Å². The molecule has 160 valence electrons. The molecule has 3 aliphatic heterocycles. The van der Waals surface area contributed by atoms with E-state index in [-0.39, 0.29) is 5.41 Å². The Hall–Kier alpha value is -2.41. The summed E-state index contributed by atoms with van der Waals surface area (Å²) in [6, 6.07) is 16.8. The zero-order valence-corrected chi connectivity index (χ0v) is 18.0. The summed E-state index contributed by atoms with van der Waals surface area (Å²) in [5.74, 6) is 0. The number of carbonyl (C=O) groups excluding carboxylic acids is 1. The van der Waals surface area contributed by atoms with Gasteiger partial charge in [-0.1, -0.05) is 41.4 Å². The van der Waals surface area contributed by atoms with Gasteiger partial charge < -0.3 is 0 Å². The van der Waals surface area contributed by atoms with Gasteiger partial charge in [0, 0.05) is 23.7 Å². The fourth-order valence-corrected chi connectivity index (χ4v) is 4.95. The molecule has 0 radical (unpaired) electrons. The van der Waals surface area contributed by atoms with Crippen molar-refractivity contribution in [2.24, 2.45) is 0 Å². The highest BCUT2D eigenvalue weighted by Crippen LogP contribution is 2.47. The molecule has 31 heavy (non-hydrogen) atoms. The molecule has 1 aromatic heterocycles. The number of nitrogens with zero attached hydrogens (tertiary/aromatic N) is 3. The summed E-state index contributed by atoms with van der Waals surface area (Å²) in [4.78, 5) is 10.7. The lowest BCUT2D eigenvalue weighted by atomic mass is 9.68. The second-order valence-electron chi connectivity index (χ2n) is 7.69. The number of halogens is 4. The van der Waals surface area contributed by atoms with E-state index in [1.165, 1.54) is 16.7 Å². The molecule has 0 atom stereocenters. The Balaban J connectivity index is 0.000000535. The molecule has 8 heteroatoms. The quantitative estimate of drug-likeness (QED) is 0.414. The van der Waals surface area contributed by atoms with E-state index in [0.29, 0.717) is 10.0 Å². The summed E-state index contributed by atoms with van der Waals surface area (Å²) in [5, 5.41) is 9.55. The number of piperidine rings is 1. The van der Waals surface area contributed by atoms with Crippen molar-refractivity contribution in [2.45, 2.75) is 24.8 Å². The monoisotopic (exact) mass is 461 g/mol. The number of benzene rings is 2. The Morgan fingerprint density at radius 3 is 2.39 bits per heavy atom. The average Bonchev–Trinajstić information content (AvgIpc) is 3.02. The van der Waals surface area contributed by atoms with Crippen LogP contribution in [0.5, 0.6) is 0 Å². The second kappa shape index (κ2) is 8.99. The van der Waals surface area contributed by atoms with Crippen LogP contribution < -0.4 is 0 Å². The minimum Gasteiger partial charge on any atom is -0.299 e. The fourth-order valence-electron chi connectivity index (χ4n) is 4.65. The number of hydrogen-bond acceptors (Lipinski definition) is 4. The van der Waals surface area contributed by atoms with Crippen LogP contribution in [0.2, 0.25) is 10.0 Å². The number of rotatable bonds is 2. The molecule has 1 saturated heterocycles. The van der Waals surface area contributed by atoms with Crippen molar-refractivity contribution in [3.63, 3.8) is 0 Å². The Kier molecular flexibility index (Phi) is 6.32. The van der Waals surface area contributed by atoms with E-state index in [4.69, 9.17) is 28.0 Å². The van der Waals surface area contributed by atoms with Crippen LogP contribution in [0.25, 0.3) is 11.3 Å². The molecule has 2 bridgehead atoms. The van der Waals surface area contributed by atoms with Crippen LogP contribution >= 0.6 is 23.2 Å². The smallest absolute Gasteiger partial charge is 0.299 e. The standard InChI is InChI=1S/C22H19Cl2N3.CF2O/c23-19-6-4-17(13-20(19)24)22-7-10-27(11-8-22)14-16-12-15(3-5-18(16)22)21-2-1-9-25-26-21;2-1(3)4/h1-6,9,12-13H,7-8,10-11,14H2;. The van der Waals surface area contributed by atoms with Gasteiger partial charge in [0.1, 0.15) is 0 Å². The first-order valence-electron chi connectivity index (χ1n) is 9.83. The van der Waals surface area contributed by atoms with Gasteiger partial charge in [-0.2, -0.15) is 10.2 Å². The first-order chi connectivity index (χ1) is 14.9. The van der Waals surface area contributed by atoms with Gasteiger partial charge in [0.2, 0.25) is 0 Å². The number of aromatic nitrogens is 2. The predicted octanol–water partition coefficient (Wildman–Crippen LogP) is 6.39. The highest BCUT2D eigenvalue weighted by atomic mass is 35.5. The third kappa shape index (κ3) is 4.47. The molecule has 0 saturated carbocycles. The lowest BCUT2D eigenvalue weighted by Gasteiger charge is -2.39. The SMILES string of the molecule is Clc1ccc(C23CCN(CC2)Cc2cc(-c4cccnn4)ccc23)cc1Cl.O=C(F)F. The van der Waals surface area contributed by atoms with E-state index in [0.717, 1.165) is 43.7 Å². The van der Waals surface area contributed by atoms with Crippen LogP contribution in [0.4, 0.5) is 13.6 Å². The molecule has 4 heterocycles. The number of fused-ring (bicyclic) bond motifs is 2. The normalized spacial score (nSPS) is 21.5. The second-order valence-corrected chi connectivity index (χ2v) is 8.51. The Bertz CT molecular complexity index is 1100. The maximum absolute atomic E-state index is 9.69. The van der Waals surface area contributed by atoms with Crippen molar-refractivity contribution in [3.05, 3.63) is 81.5 Å². The van der Waals surface area contributed by atoms with Gasteiger partial charge in [0.05, 0.1) is 15.7 Å². The van der Waals surface area contributed by atoms with Crippen LogP contribution in [0, 0.1) is 0 Å². The van der Waals surface area contributed by atoms with E-state index in [1.54, 1.807) is 6.20 Å². The first-order valence-corrected chi connectivity index (χ1v) is 10.6. The van der Waals surface area contributed by atoms with Crippen LogP contribution in [-0.4, -0.2) is 34.5 Å². The molecule has 3 aliphatic rings. The van der Waals surface area contributed by atoms with Crippen molar-refractivity contribution in [1.82, 2.24) is 15.1 Å². The molecule has 3 aromatic rings. The molecule has 6 rings (SSSR count). The van der Waals surface area contributed by atoms with Gasteiger partial charge in [-0.3, -0.25) is 4.90 Å². The average molecular weight is 462 g/mol. The maximum atomic E-state index is 9.69. The topological polar surface area (TPSA) is 46.1 Å². The highest BCUT2D eigenvalue weighted by molar-refractivity contribution is 6.42. The molecule has 0 unspecified atom stereocenters. The summed E-state index contributed by atoms with van der Waals surface area (Å²) < 4.78 is 19.4. The minimum absolute atomic E-state index is 0.00252. The molecular formula is C23H19Cl2F2N3O. The fraction of sp³-hybridized carbons (Fsp3) is 0.261. The van der Waals surface area contributed by atoms with E-state index in [1.807, 2.05) is 18.2 Å². The minimum atomic E-state index is -2.83. The van der Waals surface area contributed by atoms with Gasteiger partial charge in [0.15, 0.2) is 0 Å². The van der Waals surface area contributed by atoms with Gasteiger partial charge >= 0.3 is 6.29 Å². The van der Waals surface area contributed by atoms with Crippen molar-refractivity contribution in [1.29, 1.82) is 0 Å². The summed E-state index contributed by atoms with van der Waals surface area (Å²) in [6.45, 7) is 3.16. The lowest BCUT2D eigenvalue weighted by molar-refractivity contribution is 0.190. The zero-order chi connectivity index (χ0) is 22.0. The largest absolute Gasteiger partial charge is 0.483 e. The summed E-state index contributed by atoms with van der Waals surface area (Å²) in [7, 11) is 0. The van der Waals surface area contributed by atoms with Crippen molar-refractivity contribution in [3.8, 4) is 11.3 Å². The van der Waals surface area contributed by atoms with Crippen LogP contribution in [0.15, 0.2) is 54.7 Å². The summed E-state index contributed by atoms with van der Waals surface area (Å²) in [6.07, 6.45) is 1.07. The van der Waals surface area contributed by atoms with E-state index in [2.05, 4.69) is 45.4 Å². The summed E-state index contributed by atoms with van der Waals surface area (Å²) in [5.41, 5.74) is 6.08. The molecule has 1 fully saturated rings. The first kappa shape index (κ1) is 21.8. The Labute approximate surface area is 188 Å². The third-order valence-corrected chi connectivity index (χ3v) is 6.80. The number of carbonyl (C=O) groups is 1. The van der Waals surface area contributed by atoms with Gasteiger partial charge in [-0.15, -0.1) is 8.78 Å². The maximum Gasteiger partial charge on any atom is 0.483 e. The highest BCUT2D eigenvalue weighted by Gasteiger charge is 2.42. The molecule has 0 N–H and O–H groups in total. The molecule has 0 aliphatic carbocycles. The predicted molar refractivity (Wildman–Crippen MR) is 117 cm³/mol. The molecule has 0 amide bonds. The van der Waals surface area contributed by atoms with Crippen LogP contribution in [0.3, 0.4) is 0 Å². The van der Waals surface area contributed by atoms with Crippen LogP contribution in [-0.2, 0) is 12.0 Å². The van der Waals surface area contributed by atoms with E-state index < -0.39 is 6.29 Å². The van der Waals surface area contributed by atoms with E-state index >= 15 is 0 Å². The molecule has 4 nitrogen and oxygen atoms in total. The van der Waals surface area contributed by atoms with Gasteiger partial charge in [-0.05, 0) is 73.0 Å². The zero-order valence-electron chi connectivity index (χ0n) is 16.5. The van der Waals surface area contributed by atoms with Crippen molar-refractivity contribution >= 4 is 29.5 Å². The van der Waals surface area contributed by atoms with Gasteiger partial charge in [0.25, 0.3) is 0 Å². The Morgan fingerprint density at radius 2 is 1.74 bits per heavy atom. The Morgan fingerprint density at radius 1 is 1.00 bits per heavy atom. The number of hydrogen-bond donors (Lipinski definition) is 0. The molecular weight excluding hydrogens is 443 g/mol. The van der Waals surface area contributed by atoms with E-state index in [9.17, 15) is 8.78 Å². The molecule has 2 aromatic carbocycles. The summed E-state index contributed by atoms with van der Waals surface area (Å²) >= 11 is 12.6. The van der Waals surface area contributed by atoms with Crippen molar-refractivity contribution in [2.75, 3.05) is 13.1 Å².